The van der Waals surface area contributed by atoms with Crippen molar-refractivity contribution in [2.24, 2.45) is 0 Å². The number of hydrogen-bond donors (Lipinski definition) is 0. The summed E-state index contributed by atoms with van der Waals surface area (Å²) in [5.74, 6) is 1.55. The van der Waals surface area contributed by atoms with E-state index in [2.05, 4.69) is 46.3 Å². The number of aromatic nitrogens is 3. The van der Waals surface area contributed by atoms with Gasteiger partial charge in [0.25, 0.3) is 0 Å². The van der Waals surface area contributed by atoms with Gasteiger partial charge in [0.1, 0.15) is 17.2 Å². The number of para-hydroxylation sites is 2. The van der Waals surface area contributed by atoms with Crippen molar-refractivity contribution in [3.8, 4) is 22.5 Å². The lowest BCUT2D eigenvalue weighted by Crippen LogP contribution is -2.13. The predicted molar refractivity (Wildman–Crippen MR) is 157 cm³/mol. The van der Waals surface area contributed by atoms with Gasteiger partial charge in [-0.1, -0.05) is 72.8 Å². The van der Waals surface area contributed by atoms with Crippen LogP contribution >= 0.6 is 0 Å². The van der Waals surface area contributed by atoms with Crippen molar-refractivity contribution in [2.75, 3.05) is 4.90 Å². The minimum absolute atomic E-state index is 0.640. The molecule has 7 rings (SSSR count). The molecule has 0 aliphatic rings. The van der Waals surface area contributed by atoms with Crippen LogP contribution in [0.2, 0.25) is 0 Å². The number of pyridine rings is 3. The van der Waals surface area contributed by atoms with Gasteiger partial charge in [0.15, 0.2) is 0 Å². The maximum Gasteiger partial charge on any atom is 0.227 e. The summed E-state index contributed by atoms with van der Waals surface area (Å²) in [5, 5.41) is 2.03. The molecule has 0 unspecified atom stereocenters. The molecule has 4 aromatic heterocycles. The normalized spacial score (nSPS) is 11.2. The summed E-state index contributed by atoms with van der Waals surface area (Å²) < 4.78 is 6.28. The molecule has 0 saturated carbocycles. The van der Waals surface area contributed by atoms with Gasteiger partial charge in [-0.25, -0.2) is 15.0 Å². The van der Waals surface area contributed by atoms with E-state index in [0.29, 0.717) is 5.71 Å². The van der Waals surface area contributed by atoms with E-state index in [0.717, 1.165) is 61.9 Å². The van der Waals surface area contributed by atoms with Crippen LogP contribution in [-0.2, 0) is 0 Å². The standard InChI is InChI=1S/C34H24N4O/c1-23-21-22-27-26-15-8-16-28(33(26)39-34(27)35-23)30-18-10-20-32(37-30)38(25-13-6-3-7-14-25)31-19-9-17-29(36-31)24-11-4-2-5-12-24/h2-22H,1H3. The van der Waals surface area contributed by atoms with Gasteiger partial charge in [-0.15, -0.1) is 0 Å². The number of anilines is 3. The zero-order valence-corrected chi connectivity index (χ0v) is 21.3. The molecular formula is C34H24N4O. The summed E-state index contributed by atoms with van der Waals surface area (Å²) in [6.07, 6.45) is 0. The predicted octanol–water partition coefficient (Wildman–Crippen LogP) is 8.88. The molecular weight excluding hydrogens is 480 g/mol. The SMILES string of the molecule is Cc1ccc2c(n1)oc1c(-c3cccc(N(c4ccccc4)c4cccc(-c5ccccc5)n4)n3)cccc12. The lowest BCUT2D eigenvalue weighted by Gasteiger charge is -2.24. The van der Waals surface area contributed by atoms with Gasteiger partial charge >= 0.3 is 0 Å². The molecule has 0 atom stereocenters. The molecule has 0 saturated heterocycles. The third-order valence-corrected chi connectivity index (χ3v) is 6.79. The van der Waals surface area contributed by atoms with Gasteiger partial charge in [0.2, 0.25) is 5.71 Å². The number of hydrogen-bond acceptors (Lipinski definition) is 5. The van der Waals surface area contributed by atoms with Crippen LogP contribution in [0, 0.1) is 6.92 Å². The smallest absolute Gasteiger partial charge is 0.227 e. The quantitative estimate of drug-likeness (QED) is 0.234. The highest BCUT2D eigenvalue weighted by atomic mass is 16.3. The zero-order valence-electron chi connectivity index (χ0n) is 21.3. The summed E-state index contributed by atoms with van der Waals surface area (Å²) in [6.45, 7) is 1.97. The maximum absolute atomic E-state index is 6.28. The Balaban J connectivity index is 1.38. The molecule has 0 radical (unpaired) electrons. The second-order valence-electron chi connectivity index (χ2n) is 9.39. The Morgan fingerprint density at radius 1 is 0.538 bits per heavy atom. The van der Waals surface area contributed by atoms with Crippen LogP contribution in [0.5, 0.6) is 0 Å². The van der Waals surface area contributed by atoms with Gasteiger partial charge in [-0.2, -0.15) is 0 Å². The molecule has 5 nitrogen and oxygen atoms in total. The molecule has 7 aromatic rings. The summed E-state index contributed by atoms with van der Waals surface area (Å²) in [4.78, 5) is 16.9. The summed E-state index contributed by atoms with van der Waals surface area (Å²) in [7, 11) is 0. The fourth-order valence-electron chi connectivity index (χ4n) is 4.95. The highest BCUT2D eigenvalue weighted by molar-refractivity contribution is 6.08. The van der Waals surface area contributed by atoms with Crippen molar-refractivity contribution in [1.82, 2.24) is 15.0 Å². The number of fused-ring (bicyclic) bond motifs is 3. The first-order valence-corrected chi connectivity index (χ1v) is 12.9. The van der Waals surface area contributed by atoms with E-state index in [1.165, 1.54) is 0 Å². The largest absolute Gasteiger partial charge is 0.437 e. The van der Waals surface area contributed by atoms with Gasteiger partial charge < -0.3 is 4.42 Å². The van der Waals surface area contributed by atoms with Crippen LogP contribution in [0.1, 0.15) is 5.69 Å². The monoisotopic (exact) mass is 504 g/mol. The number of benzene rings is 3. The third-order valence-electron chi connectivity index (χ3n) is 6.79. The molecule has 5 heteroatoms. The van der Waals surface area contributed by atoms with E-state index in [1.54, 1.807) is 0 Å². The fraction of sp³-hybridized carbons (Fsp3) is 0.0294. The summed E-state index contributed by atoms with van der Waals surface area (Å²) in [5.41, 5.74) is 7.02. The first-order valence-electron chi connectivity index (χ1n) is 12.9. The average molecular weight is 505 g/mol. The second-order valence-corrected chi connectivity index (χ2v) is 9.39. The van der Waals surface area contributed by atoms with E-state index in [4.69, 9.17) is 14.4 Å². The van der Waals surface area contributed by atoms with Gasteiger partial charge in [0.05, 0.1) is 11.4 Å². The lowest BCUT2D eigenvalue weighted by atomic mass is 10.1. The van der Waals surface area contributed by atoms with Crippen LogP contribution in [0.15, 0.2) is 132 Å². The molecule has 3 aromatic carbocycles. The zero-order chi connectivity index (χ0) is 26.2. The van der Waals surface area contributed by atoms with Gasteiger partial charge in [-0.3, -0.25) is 4.90 Å². The molecule has 4 heterocycles. The molecule has 0 aliphatic carbocycles. The number of nitrogens with zero attached hydrogens (tertiary/aromatic N) is 4. The molecule has 186 valence electrons. The van der Waals surface area contributed by atoms with Gasteiger partial charge in [0, 0.05) is 33.3 Å². The number of furan rings is 1. The molecule has 0 bridgehead atoms. The van der Waals surface area contributed by atoms with E-state index >= 15 is 0 Å². The Kier molecular flexibility index (Phi) is 5.60. The Hall–Kier alpha value is -5.29. The highest BCUT2D eigenvalue weighted by Crippen LogP contribution is 2.37. The van der Waals surface area contributed by atoms with Crippen LogP contribution in [0.4, 0.5) is 17.3 Å². The second kappa shape index (κ2) is 9.54. The highest BCUT2D eigenvalue weighted by Gasteiger charge is 2.18. The Morgan fingerprint density at radius 3 is 1.97 bits per heavy atom. The minimum atomic E-state index is 0.640. The summed E-state index contributed by atoms with van der Waals surface area (Å²) >= 11 is 0. The molecule has 0 N–H and O–H groups in total. The van der Waals surface area contributed by atoms with Crippen molar-refractivity contribution in [3.63, 3.8) is 0 Å². The minimum Gasteiger partial charge on any atom is -0.437 e. The van der Waals surface area contributed by atoms with Crippen LogP contribution < -0.4 is 4.90 Å². The maximum atomic E-state index is 6.28. The number of aryl methyl sites for hydroxylation is 1. The van der Waals surface area contributed by atoms with Crippen molar-refractivity contribution >= 4 is 39.4 Å². The lowest BCUT2D eigenvalue weighted by molar-refractivity contribution is 0.653. The first-order chi connectivity index (χ1) is 19.2. The number of rotatable bonds is 5. The van der Waals surface area contributed by atoms with Crippen LogP contribution in [-0.4, -0.2) is 15.0 Å². The molecule has 0 fully saturated rings. The van der Waals surface area contributed by atoms with Crippen molar-refractivity contribution < 1.29 is 4.42 Å². The fourth-order valence-corrected chi connectivity index (χ4v) is 4.95. The summed E-state index contributed by atoms with van der Waals surface area (Å²) in [6, 6.07) is 42.8. The molecule has 0 amide bonds. The molecule has 0 spiro atoms. The van der Waals surface area contributed by atoms with Crippen molar-refractivity contribution in [2.45, 2.75) is 6.92 Å². The van der Waals surface area contributed by atoms with Crippen LogP contribution in [0.3, 0.4) is 0 Å². The molecule has 39 heavy (non-hydrogen) atoms. The van der Waals surface area contributed by atoms with E-state index in [1.807, 2.05) is 97.9 Å². The van der Waals surface area contributed by atoms with Gasteiger partial charge in [-0.05, 0) is 61.5 Å². The van der Waals surface area contributed by atoms with Crippen LogP contribution in [0.25, 0.3) is 44.6 Å². The Morgan fingerprint density at radius 2 is 1.21 bits per heavy atom. The first kappa shape index (κ1) is 22.9. The third kappa shape index (κ3) is 4.20. The van der Waals surface area contributed by atoms with E-state index < -0.39 is 0 Å². The van der Waals surface area contributed by atoms with E-state index in [9.17, 15) is 0 Å². The van der Waals surface area contributed by atoms with E-state index in [-0.39, 0.29) is 0 Å². The van der Waals surface area contributed by atoms with Crippen molar-refractivity contribution in [1.29, 1.82) is 0 Å². The Bertz CT molecular complexity index is 1930. The average Bonchev–Trinajstić information content (AvgIpc) is 3.36. The Labute approximate surface area is 226 Å². The van der Waals surface area contributed by atoms with Crippen molar-refractivity contribution in [3.05, 3.63) is 133 Å². The topological polar surface area (TPSA) is 55.1 Å². The molecule has 0 aliphatic heterocycles.